The van der Waals surface area contributed by atoms with Crippen LogP contribution in [0.25, 0.3) is 0 Å². The Morgan fingerprint density at radius 1 is 1.47 bits per heavy atom. The van der Waals surface area contributed by atoms with E-state index in [4.69, 9.17) is 11.6 Å². The smallest absolute Gasteiger partial charge is 0.254 e. The number of nitrogens with zero attached hydrogens (tertiary/aromatic N) is 4. The van der Waals surface area contributed by atoms with Crippen molar-refractivity contribution in [2.24, 2.45) is 7.05 Å². The van der Waals surface area contributed by atoms with Crippen LogP contribution in [0.2, 0.25) is 5.15 Å². The number of aromatic nitrogens is 4. The Kier molecular flexibility index (Phi) is 3.28. The minimum atomic E-state index is -0.121. The Hall–Kier alpha value is -1.62. The summed E-state index contributed by atoms with van der Waals surface area (Å²) in [5.74, 6) is 0.629. The van der Waals surface area contributed by atoms with Gasteiger partial charge in [-0.1, -0.05) is 11.6 Å². The van der Waals surface area contributed by atoms with Crippen molar-refractivity contribution in [3.05, 3.63) is 45.4 Å². The van der Waals surface area contributed by atoms with Crippen molar-refractivity contribution in [1.29, 1.82) is 0 Å². The van der Waals surface area contributed by atoms with Crippen LogP contribution in [0.1, 0.15) is 11.5 Å². The minimum absolute atomic E-state index is 0.121. The summed E-state index contributed by atoms with van der Waals surface area (Å²) in [5.41, 5.74) is 0.955. The maximum absolute atomic E-state index is 11.7. The molecule has 2 rings (SSSR count). The molecule has 0 fully saturated rings. The monoisotopic (exact) mass is 252 g/mol. The van der Waals surface area contributed by atoms with Crippen molar-refractivity contribution in [3.8, 4) is 0 Å². The van der Waals surface area contributed by atoms with E-state index in [1.54, 1.807) is 22.4 Å². The van der Waals surface area contributed by atoms with Crippen molar-refractivity contribution >= 4 is 11.6 Å². The average Bonchev–Trinajstić information content (AvgIpc) is 2.62. The number of aryl methyl sites for hydroxylation is 3. The zero-order valence-electron chi connectivity index (χ0n) is 9.72. The molecule has 2 aromatic heterocycles. The van der Waals surface area contributed by atoms with E-state index in [1.807, 2.05) is 13.1 Å². The zero-order chi connectivity index (χ0) is 12.4. The highest BCUT2D eigenvalue weighted by atomic mass is 35.5. The average molecular weight is 253 g/mol. The van der Waals surface area contributed by atoms with E-state index < -0.39 is 0 Å². The molecule has 0 spiro atoms. The van der Waals surface area contributed by atoms with Crippen molar-refractivity contribution in [1.82, 2.24) is 19.3 Å². The molecule has 0 aliphatic rings. The quantitative estimate of drug-likeness (QED) is 0.771. The second-order valence-electron chi connectivity index (χ2n) is 3.81. The Morgan fingerprint density at radius 2 is 2.24 bits per heavy atom. The molecular formula is C11H13ClN4O. The Morgan fingerprint density at radius 3 is 2.82 bits per heavy atom. The molecular weight excluding hydrogens is 240 g/mol. The lowest BCUT2D eigenvalue weighted by Crippen LogP contribution is -2.24. The summed E-state index contributed by atoms with van der Waals surface area (Å²) in [4.78, 5) is 15.8. The first-order chi connectivity index (χ1) is 8.08. The molecule has 90 valence electrons. The second-order valence-corrected chi connectivity index (χ2v) is 4.20. The fourth-order valence-electron chi connectivity index (χ4n) is 1.73. The van der Waals surface area contributed by atoms with E-state index in [9.17, 15) is 4.79 Å². The normalized spacial score (nSPS) is 10.8. The molecule has 0 aromatic carbocycles. The van der Waals surface area contributed by atoms with Gasteiger partial charge in [-0.15, -0.1) is 0 Å². The van der Waals surface area contributed by atoms with Gasteiger partial charge >= 0.3 is 0 Å². The third kappa shape index (κ3) is 2.55. The molecule has 2 aromatic rings. The van der Waals surface area contributed by atoms with Crippen molar-refractivity contribution in [2.45, 2.75) is 19.9 Å². The van der Waals surface area contributed by atoms with Crippen LogP contribution in [0.4, 0.5) is 0 Å². The number of rotatable bonds is 3. The molecule has 5 nitrogen and oxygen atoms in total. The van der Waals surface area contributed by atoms with Crippen LogP contribution in [0.15, 0.2) is 23.1 Å². The molecule has 0 saturated heterocycles. The maximum atomic E-state index is 11.7. The van der Waals surface area contributed by atoms with Crippen LogP contribution < -0.4 is 5.56 Å². The highest BCUT2D eigenvalue weighted by Gasteiger charge is 2.05. The molecule has 0 aliphatic heterocycles. The predicted octanol–water partition coefficient (Wildman–Crippen LogP) is 1.18. The minimum Gasteiger partial charge on any atom is -0.296 e. The number of hydrogen-bond acceptors (Lipinski definition) is 3. The molecule has 0 radical (unpaired) electrons. The molecule has 0 amide bonds. The SMILES string of the molecule is Cc1nc(Cl)cc(=O)n1CCc1ccnn1C. The largest absolute Gasteiger partial charge is 0.296 e. The Balaban J connectivity index is 2.20. The highest BCUT2D eigenvalue weighted by Crippen LogP contribution is 2.03. The number of hydrogen-bond donors (Lipinski definition) is 0. The van der Waals surface area contributed by atoms with E-state index in [1.165, 1.54) is 6.07 Å². The van der Waals surface area contributed by atoms with Gasteiger partial charge in [0, 0.05) is 38.0 Å². The predicted molar refractivity (Wildman–Crippen MR) is 65.2 cm³/mol. The van der Waals surface area contributed by atoms with Crippen LogP contribution in [-0.4, -0.2) is 19.3 Å². The van der Waals surface area contributed by atoms with Crippen LogP contribution in [0.3, 0.4) is 0 Å². The van der Waals surface area contributed by atoms with E-state index in [-0.39, 0.29) is 10.7 Å². The molecule has 6 heteroatoms. The van der Waals surface area contributed by atoms with Gasteiger partial charge in [-0.05, 0) is 13.0 Å². The standard InChI is InChI=1S/C11H13ClN4O/c1-8-14-10(12)7-11(17)16(8)6-4-9-3-5-13-15(9)2/h3,5,7H,4,6H2,1-2H3. The van der Waals surface area contributed by atoms with Gasteiger partial charge in [0.25, 0.3) is 5.56 Å². The first-order valence-corrected chi connectivity index (χ1v) is 5.66. The third-order valence-electron chi connectivity index (χ3n) is 2.68. The van der Waals surface area contributed by atoms with Gasteiger partial charge in [0.1, 0.15) is 11.0 Å². The lowest BCUT2D eigenvalue weighted by atomic mass is 10.3. The van der Waals surface area contributed by atoms with E-state index in [0.717, 1.165) is 12.1 Å². The van der Waals surface area contributed by atoms with Gasteiger partial charge in [0.2, 0.25) is 0 Å². The first-order valence-electron chi connectivity index (χ1n) is 5.29. The molecule has 17 heavy (non-hydrogen) atoms. The summed E-state index contributed by atoms with van der Waals surface area (Å²) < 4.78 is 3.41. The summed E-state index contributed by atoms with van der Waals surface area (Å²) in [7, 11) is 1.88. The van der Waals surface area contributed by atoms with Crippen molar-refractivity contribution in [2.75, 3.05) is 0 Å². The van der Waals surface area contributed by atoms with Gasteiger partial charge in [0.15, 0.2) is 0 Å². The van der Waals surface area contributed by atoms with Gasteiger partial charge in [-0.25, -0.2) is 4.98 Å². The second kappa shape index (κ2) is 4.71. The first kappa shape index (κ1) is 11.9. The molecule has 2 heterocycles. The fourth-order valence-corrected chi connectivity index (χ4v) is 1.95. The Labute approximate surface area is 104 Å². The van der Waals surface area contributed by atoms with Gasteiger partial charge in [-0.3, -0.25) is 14.0 Å². The molecule has 0 bridgehead atoms. The van der Waals surface area contributed by atoms with Crippen LogP contribution in [0.5, 0.6) is 0 Å². The van der Waals surface area contributed by atoms with Crippen LogP contribution in [0, 0.1) is 6.92 Å². The lowest BCUT2D eigenvalue weighted by molar-refractivity contribution is 0.598. The van der Waals surface area contributed by atoms with Crippen LogP contribution >= 0.6 is 11.6 Å². The molecule has 0 atom stereocenters. The van der Waals surface area contributed by atoms with E-state index in [2.05, 4.69) is 10.1 Å². The maximum Gasteiger partial charge on any atom is 0.254 e. The van der Waals surface area contributed by atoms with Crippen molar-refractivity contribution in [3.63, 3.8) is 0 Å². The fraction of sp³-hybridized carbons (Fsp3) is 0.364. The summed E-state index contributed by atoms with van der Waals surface area (Å²) in [5, 5.41) is 4.32. The highest BCUT2D eigenvalue weighted by molar-refractivity contribution is 6.29. The van der Waals surface area contributed by atoms with Gasteiger partial charge in [0.05, 0.1) is 0 Å². The number of halogens is 1. The zero-order valence-corrected chi connectivity index (χ0v) is 10.5. The molecule has 0 N–H and O–H groups in total. The van der Waals surface area contributed by atoms with E-state index >= 15 is 0 Å². The molecule has 0 aliphatic carbocycles. The summed E-state index contributed by atoms with van der Waals surface area (Å²) in [6.45, 7) is 2.35. The summed E-state index contributed by atoms with van der Waals surface area (Å²) in [6.07, 6.45) is 2.48. The Bertz CT molecular complexity index is 587. The lowest BCUT2D eigenvalue weighted by Gasteiger charge is -2.08. The van der Waals surface area contributed by atoms with Gasteiger partial charge < -0.3 is 0 Å². The summed E-state index contributed by atoms with van der Waals surface area (Å²) in [6, 6.07) is 3.27. The van der Waals surface area contributed by atoms with Gasteiger partial charge in [-0.2, -0.15) is 5.10 Å². The topological polar surface area (TPSA) is 52.7 Å². The summed E-state index contributed by atoms with van der Waals surface area (Å²) >= 11 is 5.71. The van der Waals surface area contributed by atoms with Crippen LogP contribution in [-0.2, 0) is 20.0 Å². The molecule has 0 unspecified atom stereocenters. The molecule has 0 saturated carbocycles. The third-order valence-corrected chi connectivity index (χ3v) is 2.88. The van der Waals surface area contributed by atoms with E-state index in [0.29, 0.717) is 12.4 Å². The van der Waals surface area contributed by atoms with Crippen molar-refractivity contribution < 1.29 is 0 Å².